The van der Waals surface area contributed by atoms with Crippen LogP contribution in [0.15, 0.2) is 36.7 Å². The number of aryl methyl sites for hydroxylation is 2. The van der Waals surface area contributed by atoms with Crippen molar-refractivity contribution in [3.63, 3.8) is 0 Å². The van der Waals surface area contributed by atoms with E-state index in [1.807, 2.05) is 36.4 Å². The minimum absolute atomic E-state index is 0.0420. The first-order chi connectivity index (χ1) is 10.2. The molecule has 0 radical (unpaired) electrons. The van der Waals surface area contributed by atoms with Gasteiger partial charge in [-0.05, 0) is 38.0 Å². The van der Waals surface area contributed by atoms with Gasteiger partial charge in [-0.15, -0.1) is 0 Å². The predicted molar refractivity (Wildman–Crippen MR) is 83.2 cm³/mol. The lowest BCUT2D eigenvalue weighted by Crippen LogP contribution is -2.39. The van der Waals surface area contributed by atoms with Gasteiger partial charge in [0.05, 0.1) is 0 Å². The van der Waals surface area contributed by atoms with Crippen LogP contribution < -0.4 is 4.90 Å². The van der Waals surface area contributed by atoms with Crippen molar-refractivity contribution >= 4 is 11.6 Å². The molecule has 4 heteroatoms. The van der Waals surface area contributed by atoms with Crippen LogP contribution in [0.2, 0.25) is 0 Å². The third kappa shape index (κ3) is 2.71. The molecule has 2 aromatic rings. The smallest absolute Gasteiger partial charge is 0.230 e. The van der Waals surface area contributed by atoms with E-state index in [1.54, 1.807) is 0 Å². The van der Waals surface area contributed by atoms with Crippen molar-refractivity contribution in [2.75, 3.05) is 11.4 Å². The Balaban J connectivity index is 1.80. The normalized spacial score (nSPS) is 17.3. The molecule has 0 saturated carbocycles. The molecule has 1 atom stereocenters. The van der Waals surface area contributed by atoms with Crippen LogP contribution in [0.5, 0.6) is 0 Å². The number of fused-ring (bicyclic) bond motifs is 1. The molecule has 1 aliphatic rings. The van der Waals surface area contributed by atoms with E-state index in [9.17, 15) is 4.79 Å². The number of amides is 1. The summed E-state index contributed by atoms with van der Waals surface area (Å²) in [4.78, 5) is 19.1. The van der Waals surface area contributed by atoms with Crippen LogP contribution in [0.4, 0.5) is 5.69 Å². The summed E-state index contributed by atoms with van der Waals surface area (Å²) in [5.41, 5.74) is 2.18. The second-order valence-corrected chi connectivity index (χ2v) is 5.65. The molecule has 3 rings (SSSR count). The molecular weight excluding hydrogens is 262 g/mol. The van der Waals surface area contributed by atoms with Gasteiger partial charge in [0, 0.05) is 43.5 Å². The number of carbonyl (C=O) groups excluding carboxylic acids is 1. The molecule has 4 nitrogen and oxygen atoms in total. The lowest BCUT2D eigenvalue weighted by Gasteiger charge is -2.29. The van der Waals surface area contributed by atoms with Gasteiger partial charge in [0.25, 0.3) is 0 Å². The van der Waals surface area contributed by atoms with E-state index in [4.69, 9.17) is 0 Å². The minimum atomic E-state index is 0.0420. The second kappa shape index (κ2) is 5.72. The largest absolute Gasteiger partial charge is 0.335 e. The number of benzene rings is 1. The van der Waals surface area contributed by atoms with Crippen LogP contribution >= 0.6 is 0 Å². The summed E-state index contributed by atoms with van der Waals surface area (Å²) >= 11 is 0. The monoisotopic (exact) mass is 283 g/mol. The lowest BCUT2D eigenvalue weighted by atomic mass is 9.96. The van der Waals surface area contributed by atoms with Crippen LogP contribution in [-0.4, -0.2) is 22.0 Å². The Morgan fingerprint density at radius 2 is 2.33 bits per heavy atom. The van der Waals surface area contributed by atoms with Crippen molar-refractivity contribution in [1.29, 1.82) is 0 Å². The fraction of sp³-hybridized carbons (Fsp3) is 0.412. The van der Waals surface area contributed by atoms with E-state index in [1.165, 1.54) is 5.56 Å². The molecule has 1 unspecified atom stereocenters. The minimum Gasteiger partial charge on any atom is -0.335 e. The number of anilines is 1. The van der Waals surface area contributed by atoms with Crippen molar-refractivity contribution in [2.45, 2.75) is 33.2 Å². The van der Waals surface area contributed by atoms with Gasteiger partial charge in [-0.25, -0.2) is 4.98 Å². The maximum Gasteiger partial charge on any atom is 0.230 e. The van der Waals surface area contributed by atoms with Crippen LogP contribution in [-0.2, 0) is 17.8 Å². The number of imidazole rings is 1. The van der Waals surface area contributed by atoms with E-state index in [0.29, 0.717) is 6.54 Å². The van der Waals surface area contributed by atoms with Crippen LogP contribution in [0.25, 0.3) is 0 Å². The Hall–Kier alpha value is -2.10. The Kier molecular flexibility index (Phi) is 3.78. The number of hydrogen-bond donors (Lipinski definition) is 0. The molecule has 0 N–H and O–H groups in total. The summed E-state index contributed by atoms with van der Waals surface area (Å²) in [6.07, 6.45) is 5.45. The van der Waals surface area contributed by atoms with Gasteiger partial charge >= 0.3 is 0 Å². The summed E-state index contributed by atoms with van der Waals surface area (Å²) in [7, 11) is 0. The molecule has 0 aliphatic carbocycles. The van der Waals surface area contributed by atoms with E-state index >= 15 is 0 Å². The first-order valence-electron chi connectivity index (χ1n) is 7.57. The van der Waals surface area contributed by atoms with Crippen molar-refractivity contribution in [3.8, 4) is 0 Å². The van der Waals surface area contributed by atoms with Crippen LogP contribution in [0.3, 0.4) is 0 Å². The van der Waals surface area contributed by atoms with Crippen LogP contribution in [0, 0.1) is 12.8 Å². The van der Waals surface area contributed by atoms with Gasteiger partial charge in [-0.1, -0.05) is 12.1 Å². The summed E-state index contributed by atoms with van der Waals surface area (Å²) in [6.45, 7) is 5.67. The number of hydrogen-bond acceptors (Lipinski definition) is 2. The average molecular weight is 283 g/mol. The molecule has 0 saturated heterocycles. The van der Waals surface area contributed by atoms with Gasteiger partial charge in [0.1, 0.15) is 5.82 Å². The highest BCUT2D eigenvalue weighted by atomic mass is 16.2. The molecule has 1 aliphatic heterocycles. The maximum absolute atomic E-state index is 12.9. The summed E-state index contributed by atoms with van der Waals surface area (Å²) < 4.78 is 2.15. The molecular formula is C17H21N3O. The number of nitrogens with zero attached hydrogens (tertiary/aromatic N) is 3. The van der Waals surface area contributed by atoms with Crippen molar-refractivity contribution in [3.05, 3.63) is 48.0 Å². The molecule has 1 amide bonds. The van der Waals surface area contributed by atoms with E-state index < -0.39 is 0 Å². The Labute approximate surface area is 125 Å². The number of carbonyl (C=O) groups is 1. The first-order valence-corrected chi connectivity index (χ1v) is 7.57. The second-order valence-electron chi connectivity index (χ2n) is 5.65. The Morgan fingerprint density at radius 3 is 3.10 bits per heavy atom. The van der Waals surface area contributed by atoms with Crippen molar-refractivity contribution in [1.82, 2.24) is 9.55 Å². The Morgan fingerprint density at radius 1 is 1.48 bits per heavy atom. The zero-order chi connectivity index (χ0) is 14.8. The number of rotatable bonds is 3. The van der Waals surface area contributed by atoms with E-state index in [0.717, 1.165) is 30.9 Å². The van der Waals surface area contributed by atoms with E-state index in [-0.39, 0.29) is 11.8 Å². The quantitative estimate of drug-likeness (QED) is 0.868. The van der Waals surface area contributed by atoms with Gasteiger partial charge in [-0.2, -0.15) is 0 Å². The molecule has 1 aromatic heterocycles. The number of aromatic nitrogens is 2. The SMILES string of the molecule is CCN(C(=O)C1CCn2ccnc2C1)c1cccc(C)c1. The predicted octanol–water partition coefficient (Wildman–Crippen LogP) is 2.81. The zero-order valence-electron chi connectivity index (χ0n) is 12.6. The molecule has 110 valence electrons. The zero-order valence-corrected chi connectivity index (χ0v) is 12.6. The van der Waals surface area contributed by atoms with Crippen molar-refractivity contribution < 1.29 is 4.79 Å². The van der Waals surface area contributed by atoms with Crippen LogP contribution in [0.1, 0.15) is 24.7 Å². The highest BCUT2D eigenvalue weighted by molar-refractivity contribution is 5.95. The highest BCUT2D eigenvalue weighted by Gasteiger charge is 2.29. The lowest BCUT2D eigenvalue weighted by molar-refractivity contribution is -0.123. The molecule has 2 heterocycles. The summed E-state index contributed by atoms with van der Waals surface area (Å²) in [5.74, 6) is 1.29. The molecule has 0 bridgehead atoms. The average Bonchev–Trinajstić information content (AvgIpc) is 2.95. The summed E-state index contributed by atoms with van der Waals surface area (Å²) in [6, 6.07) is 8.15. The Bertz CT molecular complexity index is 647. The van der Waals surface area contributed by atoms with Gasteiger partial charge < -0.3 is 9.47 Å². The van der Waals surface area contributed by atoms with Gasteiger partial charge in [0.2, 0.25) is 5.91 Å². The fourth-order valence-corrected chi connectivity index (χ4v) is 3.04. The van der Waals surface area contributed by atoms with Gasteiger partial charge in [-0.3, -0.25) is 4.79 Å². The standard InChI is InChI=1S/C17H21N3O/c1-3-20(15-6-4-5-13(2)11-15)17(21)14-7-9-19-10-8-18-16(19)12-14/h4-6,8,10-11,14H,3,7,9,12H2,1-2H3. The molecule has 1 aromatic carbocycles. The van der Waals surface area contributed by atoms with E-state index in [2.05, 4.69) is 28.6 Å². The summed E-state index contributed by atoms with van der Waals surface area (Å²) in [5, 5.41) is 0. The maximum atomic E-state index is 12.9. The van der Waals surface area contributed by atoms with Gasteiger partial charge in [0.15, 0.2) is 0 Å². The van der Waals surface area contributed by atoms with Crippen molar-refractivity contribution in [2.24, 2.45) is 5.92 Å². The highest BCUT2D eigenvalue weighted by Crippen LogP contribution is 2.24. The molecule has 0 fully saturated rings. The third-order valence-electron chi connectivity index (χ3n) is 4.19. The first kappa shape index (κ1) is 13.9. The topological polar surface area (TPSA) is 38.1 Å². The molecule has 0 spiro atoms. The fourth-order valence-electron chi connectivity index (χ4n) is 3.04. The molecule has 21 heavy (non-hydrogen) atoms. The third-order valence-corrected chi connectivity index (χ3v) is 4.19.